The highest BCUT2D eigenvalue weighted by atomic mass is 16.5. The van der Waals surface area contributed by atoms with Crippen molar-refractivity contribution in [3.63, 3.8) is 0 Å². The molecule has 0 aromatic carbocycles. The molecule has 0 aliphatic heterocycles. The Bertz CT molecular complexity index is 766. The summed E-state index contributed by atoms with van der Waals surface area (Å²) in [7, 11) is 1.65. The van der Waals surface area contributed by atoms with Crippen molar-refractivity contribution in [3.8, 4) is 0 Å². The zero-order valence-electron chi connectivity index (χ0n) is 16.1. The zero-order chi connectivity index (χ0) is 18.6. The van der Waals surface area contributed by atoms with Crippen molar-refractivity contribution in [2.45, 2.75) is 58.0 Å². The van der Waals surface area contributed by atoms with Crippen molar-refractivity contribution in [1.82, 2.24) is 9.88 Å². The first kappa shape index (κ1) is 17.8. The summed E-state index contributed by atoms with van der Waals surface area (Å²) in [6, 6.07) is 2.99. The highest BCUT2D eigenvalue weighted by molar-refractivity contribution is 5.93. The summed E-state index contributed by atoms with van der Waals surface area (Å²) in [5.74, 6) is 0.648. The molecule has 1 aromatic heterocycles. The van der Waals surface area contributed by atoms with Crippen LogP contribution in [0.2, 0.25) is 0 Å². The van der Waals surface area contributed by atoms with Crippen LogP contribution in [-0.2, 0) is 11.8 Å². The molecule has 1 aromatic rings. The molecule has 5 heteroatoms. The van der Waals surface area contributed by atoms with Crippen molar-refractivity contribution in [2.24, 2.45) is 23.8 Å². The largest absolute Gasteiger partial charge is 0.373 e. The van der Waals surface area contributed by atoms with Gasteiger partial charge in [-0.1, -0.05) is 13.8 Å². The second kappa shape index (κ2) is 5.95. The molecular formula is C21H30N2O3. The summed E-state index contributed by atoms with van der Waals surface area (Å²) >= 11 is 0. The molecule has 4 aliphatic carbocycles. The number of aromatic nitrogens is 1. The molecule has 0 unspecified atom stereocenters. The number of nitrogens with zero attached hydrogens (tertiary/aromatic N) is 1. The van der Waals surface area contributed by atoms with Gasteiger partial charge in [-0.2, -0.15) is 0 Å². The molecule has 0 spiro atoms. The third-order valence-corrected chi connectivity index (χ3v) is 6.72. The van der Waals surface area contributed by atoms with Gasteiger partial charge in [-0.25, -0.2) is 0 Å². The number of carbonyl (C=O) groups is 1. The Kier molecular flexibility index (Phi) is 4.07. The second-order valence-electron chi connectivity index (χ2n) is 9.78. The number of rotatable bonds is 5. The van der Waals surface area contributed by atoms with E-state index in [-0.39, 0.29) is 17.1 Å². The fourth-order valence-electron chi connectivity index (χ4n) is 6.77. The minimum absolute atomic E-state index is 0.0181. The van der Waals surface area contributed by atoms with Crippen LogP contribution in [0.3, 0.4) is 0 Å². The third kappa shape index (κ3) is 3.22. The van der Waals surface area contributed by atoms with Crippen molar-refractivity contribution in [3.05, 3.63) is 34.2 Å². The summed E-state index contributed by atoms with van der Waals surface area (Å²) in [6.45, 7) is 5.93. The maximum atomic E-state index is 12.3. The van der Waals surface area contributed by atoms with Gasteiger partial charge in [0.1, 0.15) is 0 Å². The average molecular weight is 358 g/mol. The van der Waals surface area contributed by atoms with E-state index in [0.29, 0.717) is 29.5 Å². The first-order valence-electron chi connectivity index (χ1n) is 9.79. The number of amides is 1. The summed E-state index contributed by atoms with van der Waals surface area (Å²) < 4.78 is 7.85. The van der Waals surface area contributed by atoms with Crippen LogP contribution in [-0.4, -0.2) is 29.2 Å². The molecule has 4 bridgehead atoms. The standard InChI is InChI=1S/C21H30N2O3/c1-19-8-15-9-20(2,12-19)14-21(10-15,13-19)26-7-6-22-18(25)16-4-5-17(24)23(3)11-16/h4-5,11,15H,6-10,12-14H2,1-3H3,(H,22,25)/t15?,19-,20-,21?/m1/s1. The highest BCUT2D eigenvalue weighted by Crippen LogP contribution is 2.67. The summed E-state index contributed by atoms with van der Waals surface area (Å²) in [4.78, 5) is 23.7. The molecule has 0 radical (unpaired) electrons. The fourth-order valence-corrected chi connectivity index (χ4v) is 6.77. The molecule has 1 heterocycles. The van der Waals surface area contributed by atoms with Crippen LogP contribution >= 0.6 is 0 Å². The molecule has 2 atom stereocenters. The van der Waals surface area contributed by atoms with Gasteiger partial charge < -0.3 is 14.6 Å². The molecule has 142 valence electrons. The van der Waals surface area contributed by atoms with E-state index in [0.717, 1.165) is 5.92 Å². The molecule has 5 rings (SSSR count). The second-order valence-corrected chi connectivity index (χ2v) is 9.78. The molecule has 26 heavy (non-hydrogen) atoms. The molecular weight excluding hydrogens is 328 g/mol. The van der Waals surface area contributed by atoms with Gasteiger partial charge in [-0.05, 0) is 61.3 Å². The van der Waals surface area contributed by atoms with Gasteiger partial charge >= 0.3 is 0 Å². The van der Waals surface area contributed by atoms with E-state index in [2.05, 4.69) is 19.2 Å². The Morgan fingerprint density at radius 1 is 1.19 bits per heavy atom. The lowest BCUT2D eigenvalue weighted by Crippen LogP contribution is -2.59. The van der Waals surface area contributed by atoms with Crippen LogP contribution in [0.4, 0.5) is 0 Å². The van der Waals surface area contributed by atoms with E-state index in [1.165, 1.54) is 49.2 Å². The molecule has 4 saturated carbocycles. The number of pyridine rings is 1. The smallest absolute Gasteiger partial charge is 0.252 e. The first-order valence-corrected chi connectivity index (χ1v) is 9.79. The lowest BCUT2D eigenvalue weighted by Gasteiger charge is -2.65. The normalized spacial score (nSPS) is 37.7. The van der Waals surface area contributed by atoms with Crippen molar-refractivity contribution < 1.29 is 9.53 Å². The predicted molar refractivity (Wildman–Crippen MR) is 100 cm³/mol. The number of hydrogen-bond acceptors (Lipinski definition) is 3. The van der Waals surface area contributed by atoms with E-state index in [4.69, 9.17) is 4.74 Å². The minimum Gasteiger partial charge on any atom is -0.373 e. The molecule has 1 amide bonds. The predicted octanol–water partition coefficient (Wildman–Crippen LogP) is 2.88. The van der Waals surface area contributed by atoms with Gasteiger partial charge in [0.15, 0.2) is 0 Å². The molecule has 4 aliphatic rings. The van der Waals surface area contributed by atoms with E-state index in [1.807, 2.05) is 0 Å². The van der Waals surface area contributed by atoms with Gasteiger partial charge in [0, 0.05) is 25.9 Å². The highest BCUT2D eigenvalue weighted by Gasteiger charge is 2.60. The SMILES string of the molecule is Cn1cc(C(=O)NCCOC23CC4C[C@@](C)(C2)C[C@@](C)(C4)C3)ccc1=O. The minimum atomic E-state index is -0.159. The van der Waals surface area contributed by atoms with Gasteiger partial charge in [0.05, 0.1) is 17.8 Å². The van der Waals surface area contributed by atoms with E-state index < -0.39 is 0 Å². The van der Waals surface area contributed by atoms with Crippen LogP contribution in [0.5, 0.6) is 0 Å². The van der Waals surface area contributed by atoms with E-state index >= 15 is 0 Å². The summed E-state index contributed by atoms with van der Waals surface area (Å²) in [5.41, 5.74) is 1.28. The van der Waals surface area contributed by atoms with Gasteiger partial charge in [0.2, 0.25) is 5.56 Å². The van der Waals surface area contributed by atoms with Crippen molar-refractivity contribution in [2.75, 3.05) is 13.2 Å². The quantitative estimate of drug-likeness (QED) is 0.824. The fraction of sp³-hybridized carbons (Fsp3) is 0.714. The van der Waals surface area contributed by atoms with Crippen LogP contribution in [0.15, 0.2) is 23.1 Å². The van der Waals surface area contributed by atoms with Crippen LogP contribution in [0.1, 0.15) is 62.7 Å². The van der Waals surface area contributed by atoms with Crippen molar-refractivity contribution in [1.29, 1.82) is 0 Å². The van der Waals surface area contributed by atoms with Crippen molar-refractivity contribution >= 4 is 5.91 Å². The Hall–Kier alpha value is -1.62. The van der Waals surface area contributed by atoms with E-state index in [1.54, 1.807) is 19.3 Å². The van der Waals surface area contributed by atoms with Gasteiger partial charge in [0.25, 0.3) is 5.91 Å². The van der Waals surface area contributed by atoms with Gasteiger partial charge in [-0.15, -0.1) is 0 Å². The maximum Gasteiger partial charge on any atom is 0.252 e. The topological polar surface area (TPSA) is 60.3 Å². The lowest BCUT2D eigenvalue weighted by atomic mass is 9.43. The Morgan fingerprint density at radius 3 is 2.50 bits per heavy atom. The maximum absolute atomic E-state index is 12.3. The van der Waals surface area contributed by atoms with Crippen LogP contribution < -0.4 is 10.9 Å². The Labute approximate surface area is 155 Å². The number of nitrogens with one attached hydrogen (secondary N) is 1. The Balaban J connectivity index is 1.33. The van der Waals surface area contributed by atoms with E-state index in [9.17, 15) is 9.59 Å². The average Bonchev–Trinajstić information content (AvgIpc) is 2.50. The lowest BCUT2D eigenvalue weighted by molar-refractivity contribution is -0.213. The third-order valence-electron chi connectivity index (χ3n) is 6.72. The summed E-state index contributed by atoms with van der Waals surface area (Å²) in [5, 5.41) is 2.92. The Morgan fingerprint density at radius 2 is 1.88 bits per heavy atom. The first-order chi connectivity index (χ1) is 12.2. The van der Waals surface area contributed by atoms with Crippen LogP contribution in [0.25, 0.3) is 0 Å². The molecule has 5 nitrogen and oxygen atoms in total. The van der Waals surface area contributed by atoms with Gasteiger partial charge in [-0.3, -0.25) is 9.59 Å². The number of ether oxygens (including phenoxy) is 1. The van der Waals surface area contributed by atoms with Crippen LogP contribution in [0, 0.1) is 16.7 Å². The zero-order valence-corrected chi connectivity index (χ0v) is 16.1. The summed E-state index contributed by atoms with van der Waals surface area (Å²) in [6.07, 6.45) is 9.15. The molecule has 4 fully saturated rings. The molecule has 0 saturated heterocycles. The monoisotopic (exact) mass is 358 g/mol. The number of carbonyl (C=O) groups excluding carboxylic acids is 1. The number of hydrogen-bond donors (Lipinski definition) is 1. The molecule has 1 N–H and O–H groups in total. The number of aryl methyl sites for hydroxylation is 1.